The van der Waals surface area contributed by atoms with E-state index >= 15 is 0 Å². The van der Waals surface area contributed by atoms with Gasteiger partial charge < -0.3 is 9.47 Å². The molecule has 0 spiro atoms. The summed E-state index contributed by atoms with van der Waals surface area (Å²) in [6.07, 6.45) is 7.32. The fourth-order valence-corrected chi connectivity index (χ4v) is 5.22. The Bertz CT molecular complexity index is 1360. The molecule has 0 aromatic carbocycles. The summed E-state index contributed by atoms with van der Waals surface area (Å²) in [5.74, 6) is 0.240. The molecule has 2 fully saturated rings. The zero-order valence-electron chi connectivity index (χ0n) is 20.0. The Morgan fingerprint density at radius 2 is 2.00 bits per heavy atom. The van der Waals surface area contributed by atoms with Gasteiger partial charge in [0.25, 0.3) is 0 Å². The third-order valence-corrected chi connectivity index (χ3v) is 7.40. The number of likely N-dealkylation sites (tertiary alicyclic amines) is 1. The Morgan fingerprint density at radius 1 is 1.17 bits per heavy atom. The number of ether oxygens (including phenoxy) is 2. The fourth-order valence-electron chi connectivity index (χ4n) is 4.99. The van der Waals surface area contributed by atoms with Gasteiger partial charge in [-0.05, 0) is 38.0 Å². The summed E-state index contributed by atoms with van der Waals surface area (Å²) in [6.45, 7) is 6.21. The molecule has 0 saturated carbocycles. The van der Waals surface area contributed by atoms with Gasteiger partial charge in [-0.15, -0.1) is 5.10 Å². The molecule has 0 bridgehead atoms. The molecule has 0 amide bonds. The number of hydrogen-bond donors (Lipinski definition) is 0. The number of pyridine rings is 2. The van der Waals surface area contributed by atoms with Crippen LogP contribution < -0.4 is 4.74 Å². The molecule has 188 valence electrons. The largest absolute Gasteiger partial charge is 0.491 e. The molecule has 2 aliphatic rings. The van der Waals surface area contributed by atoms with Crippen molar-refractivity contribution < 1.29 is 13.9 Å². The van der Waals surface area contributed by atoms with Crippen LogP contribution in [0.4, 0.5) is 4.39 Å². The Morgan fingerprint density at radius 3 is 2.72 bits per heavy atom. The van der Waals surface area contributed by atoms with Crippen LogP contribution in [-0.2, 0) is 11.2 Å². The number of piperidine rings is 1. The number of rotatable bonds is 7. The van der Waals surface area contributed by atoms with E-state index in [4.69, 9.17) is 21.1 Å². The van der Waals surface area contributed by atoms with Gasteiger partial charge >= 0.3 is 0 Å². The van der Waals surface area contributed by atoms with E-state index in [0.717, 1.165) is 61.8 Å². The molecule has 0 radical (unpaired) electrons. The highest BCUT2D eigenvalue weighted by atomic mass is 35.5. The van der Waals surface area contributed by atoms with Gasteiger partial charge in [0.1, 0.15) is 22.8 Å². The molecule has 4 aromatic rings. The van der Waals surface area contributed by atoms with Crippen molar-refractivity contribution in [3.63, 3.8) is 0 Å². The van der Waals surface area contributed by atoms with Crippen LogP contribution >= 0.6 is 11.6 Å². The summed E-state index contributed by atoms with van der Waals surface area (Å²) in [4.78, 5) is 6.62. The molecule has 0 unspecified atom stereocenters. The van der Waals surface area contributed by atoms with Crippen molar-refractivity contribution in [2.75, 3.05) is 32.9 Å². The molecular formula is C25H27ClFN7O2. The van der Waals surface area contributed by atoms with Crippen LogP contribution in [0.5, 0.6) is 5.75 Å². The van der Waals surface area contributed by atoms with Crippen LogP contribution in [0.3, 0.4) is 0 Å². The second-order valence-electron chi connectivity index (χ2n) is 9.37. The summed E-state index contributed by atoms with van der Waals surface area (Å²) in [5, 5.41) is 14.0. The van der Waals surface area contributed by atoms with Gasteiger partial charge in [-0.3, -0.25) is 9.88 Å². The first kappa shape index (κ1) is 23.3. The highest BCUT2D eigenvalue weighted by Gasteiger charge is 2.31. The van der Waals surface area contributed by atoms with Gasteiger partial charge in [0.15, 0.2) is 0 Å². The molecule has 6 rings (SSSR count). The minimum atomic E-state index is -0.359. The molecule has 6 heterocycles. The maximum Gasteiger partial charge on any atom is 0.147 e. The van der Waals surface area contributed by atoms with Crippen molar-refractivity contribution >= 4 is 17.1 Å². The average molecular weight is 512 g/mol. The molecule has 2 saturated heterocycles. The minimum absolute atomic E-state index is 0.324. The van der Waals surface area contributed by atoms with Gasteiger partial charge in [-0.1, -0.05) is 16.8 Å². The van der Waals surface area contributed by atoms with Crippen molar-refractivity contribution in [2.45, 2.75) is 38.3 Å². The Labute approximate surface area is 212 Å². The van der Waals surface area contributed by atoms with Crippen molar-refractivity contribution in [1.82, 2.24) is 34.5 Å². The lowest BCUT2D eigenvalue weighted by atomic mass is 10.0. The first-order valence-electron chi connectivity index (χ1n) is 12.2. The topological polar surface area (TPSA) is 82.6 Å². The predicted octanol–water partition coefficient (Wildman–Crippen LogP) is 3.75. The molecule has 0 aliphatic carbocycles. The first-order chi connectivity index (χ1) is 17.6. The molecule has 4 aromatic heterocycles. The zero-order valence-corrected chi connectivity index (χ0v) is 20.7. The fraction of sp³-hybridized carbons (Fsp3) is 0.440. The van der Waals surface area contributed by atoms with E-state index in [0.29, 0.717) is 41.4 Å². The molecule has 9 nitrogen and oxygen atoms in total. The van der Waals surface area contributed by atoms with Crippen LogP contribution in [0.15, 0.2) is 36.8 Å². The lowest BCUT2D eigenvalue weighted by Crippen LogP contribution is -2.52. The van der Waals surface area contributed by atoms with E-state index in [2.05, 4.69) is 36.9 Å². The van der Waals surface area contributed by atoms with E-state index in [1.807, 2.05) is 12.3 Å². The number of halogens is 2. The summed E-state index contributed by atoms with van der Waals surface area (Å²) < 4.78 is 28.4. The van der Waals surface area contributed by atoms with Crippen molar-refractivity contribution in [3.8, 4) is 17.0 Å². The highest BCUT2D eigenvalue weighted by molar-refractivity contribution is 6.34. The zero-order chi connectivity index (χ0) is 24.6. The smallest absolute Gasteiger partial charge is 0.147 e. The molecule has 2 aliphatic heterocycles. The third-order valence-electron chi connectivity index (χ3n) is 7.12. The quantitative estimate of drug-likeness (QED) is 0.374. The predicted molar refractivity (Wildman–Crippen MR) is 132 cm³/mol. The van der Waals surface area contributed by atoms with Crippen LogP contribution in [0.25, 0.3) is 16.8 Å². The maximum absolute atomic E-state index is 13.1. The first-order valence-corrected chi connectivity index (χ1v) is 12.6. The van der Waals surface area contributed by atoms with Crippen molar-refractivity contribution in [3.05, 3.63) is 59.0 Å². The van der Waals surface area contributed by atoms with Crippen LogP contribution in [0.2, 0.25) is 5.02 Å². The molecular weight excluding hydrogens is 485 g/mol. The molecule has 0 atom stereocenters. The average Bonchev–Trinajstić information content (AvgIpc) is 3.42. The summed E-state index contributed by atoms with van der Waals surface area (Å²) in [7, 11) is 0. The van der Waals surface area contributed by atoms with Crippen LogP contribution in [-0.4, -0.2) is 73.4 Å². The number of aromatic nitrogens is 6. The van der Waals surface area contributed by atoms with Gasteiger partial charge in [0, 0.05) is 37.0 Å². The molecule has 0 N–H and O–H groups in total. The number of nitrogens with zero attached hydrogens (tertiary/aromatic N) is 7. The molecule has 36 heavy (non-hydrogen) atoms. The third kappa shape index (κ3) is 4.44. The van der Waals surface area contributed by atoms with Crippen LogP contribution in [0, 0.1) is 12.7 Å². The highest BCUT2D eigenvalue weighted by Crippen LogP contribution is 2.34. The van der Waals surface area contributed by atoms with E-state index < -0.39 is 0 Å². The maximum atomic E-state index is 13.1. The molecule has 11 heteroatoms. The Balaban J connectivity index is 1.22. The van der Waals surface area contributed by atoms with Gasteiger partial charge in [0.05, 0.1) is 55.0 Å². The normalized spacial score (nSPS) is 17.5. The SMILES string of the molecule is Cc1c(-c2cc(OCCc3ccc(F)cn3)c3c(Cl)cnn3c2)nnn1C1CCN(C2COC2)CC1. The van der Waals surface area contributed by atoms with Gasteiger partial charge in [0.2, 0.25) is 0 Å². The van der Waals surface area contributed by atoms with E-state index in [1.54, 1.807) is 16.8 Å². The van der Waals surface area contributed by atoms with Gasteiger partial charge in [-0.2, -0.15) is 5.10 Å². The van der Waals surface area contributed by atoms with E-state index in [-0.39, 0.29) is 5.82 Å². The second kappa shape index (κ2) is 9.76. The lowest BCUT2D eigenvalue weighted by Gasteiger charge is -2.41. The van der Waals surface area contributed by atoms with Gasteiger partial charge in [-0.25, -0.2) is 13.6 Å². The van der Waals surface area contributed by atoms with E-state index in [9.17, 15) is 4.39 Å². The van der Waals surface area contributed by atoms with Crippen molar-refractivity contribution in [2.24, 2.45) is 0 Å². The minimum Gasteiger partial charge on any atom is -0.491 e. The van der Waals surface area contributed by atoms with Crippen LogP contribution in [0.1, 0.15) is 30.3 Å². The summed E-state index contributed by atoms with van der Waals surface area (Å²) in [6, 6.07) is 5.88. The lowest BCUT2D eigenvalue weighted by molar-refractivity contribution is -0.0735. The summed E-state index contributed by atoms with van der Waals surface area (Å²) >= 11 is 6.41. The Hall–Kier alpha value is -3.08. The second-order valence-corrected chi connectivity index (χ2v) is 9.78. The number of hydrogen-bond acceptors (Lipinski definition) is 7. The number of fused-ring (bicyclic) bond motifs is 1. The standard InChI is InChI=1S/C25H27ClFN7O2/c1-16-24(30-31-34(16)20-4-7-32(8-5-20)21-14-35-15-21)17-10-23(25-22(26)12-29-33(25)13-17)36-9-6-19-3-2-18(27)11-28-19/h2-3,10-13,20-21H,4-9,14-15H2,1H3. The monoisotopic (exact) mass is 511 g/mol. The van der Waals surface area contributed by atoms with E-state index in [1.165, 1.54) is 12.3 Å². The van der Waals surface area contributed by atoms with Crippen molar-refractivity contribution in [1.29, 1.82) is 0 Å². The summed E-state index contributed by atoms with van der Waals surface area (Å²) in [5.41, 5.74) is 4.09. The Kier molecular flexibility index (Phi) is 6.32.